The molecule has 2 aliphatic heterocycles. The van der Waals surface area contributed by atoms with Gasteiger partial charge in [0, 0.05) is 18.1 Å². The molecule has 2 aliphatic rings. The number of hydrogen-bond donors (Lipinski definition) is 1. The third kappa shape index (κ3) is 3.75. The lowest BCUT2D eigenvalue weighted by Crippen LogP contribution is -2.63. The second kappa shape index (κ2) is 8.16. The highest BCUT2D eigenvalue weighted by molar-refractivity contribution is 5.78. The van der Waals surface area contributed by atoms with Crippen LogP contribution in [-0.2, 0) is 4.79 Å². The lowest BCUT2D eigenvalue weighted by molar-refractivity contribution is -0.139. The Morgan fingerprint density at radius 1 is 1.23 bits per heavy atom. The molecule has 2 heterocycles. The Hall–Kier alpha value is -1.95. The second-order valence-corrected chi connectivity index (χ2v) is 7.33. The van der Waals surface area contributed by atoms with Crippen LogP contribution in [0.4, 0.5) is 0 Å². The van der Waals surface area contributed by atoms with Crippen molar-refractivity contribution in [3.8, 4) is 17.2 Å². The number of para-hydroxylation sites is 1. The fourth-order valence-corrected chi connectivity index (χ4v) is 4.28. The standard InChI is InChI=1S/C20H30N2O4/c1-20-11-7-13-22(17(20)10-4-5-12-21-20)18(23)14-26-19-15(24-2)8-6-9-16(19)25-3/h6,8-9,17,21H,4-5,7,10-14H2,1-3H3/t17-,20-/m0/s1. The van der Waals surface area contributed by atoms with Crippen LogP contribution in [0.25, 0.3) is 0 Å². The molecule has 1 N–H and O–H groups in total. The molecule has 0 radical (unpaired) electrons. The summed E-state index contributed by atoms with van der Waals surface area (Å²) >= 11 is 0. The molecule has 1 aromatic carbocycles. The fourth-order valence-electron chi connectivity index (χ4n) is 4.28. The van der Waals surface area contributed by atoms with Crippen LogP contribution < -0.4 is 19.5 Å². The van der Waals surface area contributed by atoms with Gasteiger partial charge in [0.25, 0.3) is 5.91 Å². The predicted molar refractivity (Wildman–Crippen MR) is 100 cm³/mol. The Kier molecular flexibility index (Phi) is 5.91. The van der Waals surface area contributed by atoms with Gasteiger partial charge in [0.1, 0.15) is 0 Å². The van der Waals surface area contributed by atoms with Gasteiger partial charge in [-0.25, -0.2) is 0 Å². The maximum absolute atomic E-state index is 13.0. The molecule has 0 saturated carbocycles. The summed E-state index contributed by atoms with van der Waals surface area (Å²) in [6.07, 6.45) is 5.50. The number of ether oxygens (including phenoxy) is 3. The topological polar surface area (TPSA) is 60.0 Å². The molecule has 0 aliphatic carbocycles. The molecule has 6 nitrogen and oxygen atoms in total. The molecule has 1 amide bonds. The number of carbonyl (C=O) groups excluding carboxylic acids is 1. The largest absolute Gasteiger partial charge is 0.493 e. The van der Waals surface area contributed by atoms with Crippen molar-refractivity contribution in [2.45, 2.75) is 50.6 Å². The van der Waals surface area contributed by atoms with Gasteiger partial charge in [-0.1, -0.05) is 12.5 Å². The van der Waals surface area contributed by atoms with Gasteiger partial charge in [-0.05, 0) is 51.3 Å². The Morgan fingerprint density at radius 3 is 2.65 bits per heavy atom. The van der Waals surface area contributed by atoms with E-state index >= 15 is 0 Å². The van der Waals surface area contributed by atoms with Crippen LogP contribution in [0, 0.1) is 0 Å². The normalized spacial score (nSPS) is 25.8. The lowest BCUT2D eigenvalue weighted by atomic mass is 9.81. The summed E-state index contributed by atoms with van der Waals surface area (Å²) in [7, 11) is 3.16. The smallest absolute Gasteiger partial charge is 0.260 e. The van der Waals surface area contributed by atoms with Gasteiger partial charge in [-0.2, -0.15) is 0 Å². The van der Waals surface area contributed by atoms with Gasteiger partial charge in [-0.15, -0.1) is 0 Å². The van der Waals surface area contributed by atoms with Crippen molar-refractivity contribution in [3.05, 3.63) is 18.2 Å². The molecular weight excluding hydrogens is 332 g/mol. The molecular formula is C20H30N2O4. The first-order valence-corrected chi connectivity index (χ1v) is 9.47. The van der Waals surface area contributed by atoms with Gasteiger partial charge in [0.05, 0.1) is 14.2 Å². The first-order chi connectivity index (χ1) is 12.6. The number of nitrogens with one attached hydrogen (secondary N) is 1. The molecule has 26 heavy (non-hydrogen) atoms. The molecule has 0 spiro atoms. The number of carbonyl (C=O) groups is 1. The van der Waals surface area contributed by atoms with E-state index in [9.17, 15) is 4.79 Å². The Morgan fingerprint density at radius 2 is 1.96 bits per heavy atom. The fraction of sp³-hybridized carbons (Fsp3) is 0.650. The number of piperidine rings is 1. The molecule has 0 aromatic heterocycles. The number of hydrogen-bond acceptors (Lipinski definition) is 5. The minimum atomic E-state index is -0.0106. The highest BCUT2D eigenvalue weighted by atomic mass is 16.5. The summed E-state index contributed by atoms with van der Waals surface area (Å²) in [5.74, 6) is 1.63. The van der Waals surface area contributed by atoms with Crippen LogP contribution in [0.5, 0.6) is 17.2 Å². The highest BCUT2D eigenvalue weighted by Crippen LogP contribution is 2.37. The maximum Gasteiger partial charge on any atom is 0.260 e. The summed E-state index contributed by atoms with van der Waals surface area (Å²) in [5, 5.41) is 3.68. The van der Waals surface area contributed by atoms with Crippen molar-refractivity contribution in [1.29, 1.82) is 0 Å². The molecule has 2 fully saturated rings. The van der Waals surface area contributed by atoms with E-state index in [4.69, 9.17) is 14.2 Å². The van der Waals surface area contributed by atoms with Gasteiger partial charge < -0.3 is 24.4 Å². The second-order valence-electron chi connectivity index (χ2n) is 7.33. The van der Waals surface area contributed by atoms with Crippen LogP contribution >= 0.6 is 0 Å². The molecule has 1 aromatic rings. The SMILES string of the molecule is COc1cccc(OC)c1OCC(=O)N1CCC[C@]2(C)NCCCC[C@H]12. The van der Waals surface area contributed by atoms with Crippen LogP contribution in [0.1, 0.15) is 39.0 Å². The first kappa shape index (κ1) is 18.8. The highest BCUT2D eigenvalue weighted by Gasteiger charge is 2.43. The van der Waals surface area contributed by atoms with E-state index in [0.717, 1.165) is 38.8 Å². The monoisotopic (exact) mass is 362 g/mol. The molecule has 2 saturated heterocycles. The Labute approximate surface area is 155 Å². The number of amides is 1. The first-order valence-electron chi connectivity index (χ1n) is 9.47. The number of nitrogens with zero attached hydrogens (tertiary/aromatic N) is 1. The summed E-state index contributed by atoms with van der Waals surface area (Å²) in [5.41, 5.74) is 0.00649. The van der Waals surface area contributed by atoms with Crippen molar-refractivity contribution in [2.75, 3.05) is 33.9 Å². The van der Waals surface area contributed by atoms with Gasteiger partial charge in [-0.3, -0.25) is 4.79 Å². The van der Waals surface area contributed by atoms with E-state index in [1.807, 2.05) is 11.0 Å². The molecule has 2 atom stereocenters. The Balaban J connectivity index is 1.72. The van der Waals surface area contributed by atoms with E-state index in [0.29, 0.717) is 17.2 Å². The number of benzene rings is 1. The zero-order chi connectivity index (χ0) is 18.6. The Bertz CT molecular complexity index is 614. The van der Waals surface area contributed by atoms with Crippen molar-refractivity contribution in [2.24, 2.45) is 0 Å². The van der Waals surface area contributed by atoms with Crippen LogP contribution in [0.2, 0.25) is 0 Å². The average molecular weight is 362 g/mol. The third-order valence-electron chi connectivity index (χ3n) is 5.68. The summed E-state index contributed by atoms with van der Waals surface area (Å²) in [6.45, 7) is 4.08. The van der Waals surface area contributed by atoms with Gasteiger partial charge in [0.2, 0.25) is 5.75 Å². The van der Waals surface area contributed by atoms with Crippen LogP contribution in [-0.4, -0.2) is 56.3 Å². The van der Waals surface area contributed by atoms with E-state index in [-0.39, 0.29) is 24.1 Å². The lowest BCUT2D eigenvalue weighted by Gasteiger charge is -2.48. The molecule has 3 rings (SSSR count). The molecule has 144 valence electrons. The summed E-state index contributed by atoms with van der Waals surface area (Å²) in [6, 6.07) is 5.67. The van der Waals surface area contributed by atoms with Crippen molar-refractivity contribution >= 4 is 5.91 Å². The van der Waals surface area contributed by atoms with E-state index in [1.54, 1.807) is 26.4 Å². The number of methoxy groups -OCH3 is 2. The van der Waals surface area contributed by atoms with E-state index in [2.05, 4.69) is 12.2 Å². The predicted octanol–water partition coefficient (Wildman–Crippen LogP) is 2.61. The zero-order valence-electron chi connectivity index (χ0n) is 16.0. The van der Waals surface area contributed by atoms with E-state index in [1.165, 1.54) is 6.42 Å². The van der Waals surface area contributed by atoms with Crippen molar-refractivity contribution in [1.82, 2.24) is 10.2 Å². The third-order valence-corrected chi connectivity index (χ3v) is 5.68. The molecule has 0 bridgehead atoms. The minimum Gasteiger partial charge on any atom is -0.493 e. The van der Waals surface area contributed by atoms with E-state index < -0.39 is 0 Å². The number of fused-ring (bicyclic) bond motifs is 1. The van der Waals surface area contributed by atoms with Crippen LogP contribution in [0.3, 0.4) is 0 Å². The summed E-state index contributed by atoms with van der Waals surface area (Å²) < 4.78 is 16.5. The number of likely N-dealkylation sites (tertiary alicyclic amines) is 1. The quantitative estimate of drug-likeness (QED) is 0.872. The summed E-state index contributed by atoms with van der Waals surface area (Å²) in [4.78, 5) is 15.0. The van der Waals surface area contributed by atoms with Crippen molar-refractivity contribution < 1.29 is 19.0 Å². The maximum atomic E-state index is 13.0. The van der Waals surface area contributed by atoms with Gasteiger partial charge in [0.15, 0.2) is 18.1 Å². The average Bonchev–Trinajstić information content (AvgIpc) is 2.86. The number of rotatable bonds is 5. The van der Waals surface area contributed by atoms with Gasteiger partial charge >= 0.3 is 0 Å². The molecule has 0 unspecified atom stereocenters. The molecule has 6 heteroatoms. The van der Waals surface area contributed by atoms with Crippen molar-refractivity contribution in [3.63, 3.8) is 0 Å². The van der Waals surface area contributed by atoms with Crippen LogP contribution in [0.15, 0.2) is 18.2 Å². The minimum absolute atomic E-state index is 0.00649. The zero-order valence-corrected chi connectivity index (χ0v) is 16.0.